The summed E-state index contributed by atoms with van der Waals surface area (Å²) in [7, 11) is 1.07. The zero-order chi connectivity index (χ0) is 22.9. The van der Waals surface area contributed by atoms with Gasteiger partial charge in [-0.15, -0.1) is 0 Å². The third-order valence-electron chi connectivity index (χ3n) is 5.45. The average Bonchev–Trinajstić information content (AvgIpc) is 3.20. The maximum absolute atomic E-state index is 12.8. The number of methoxy groups -OCH3 is 1. The molecule has 2 heterocycles. The van der Waals surface area contributed by atoms with Crippen LogP contribution in [0.25, 0.3) is 10.2 Å². The first-order valence-corrected chi connectivity index (χ1v) is 12.5. The lowest BCUT2D eigenvalue weighted by Crippen LogP contribution is -2.41. The number of fused-ring (bicyclic) bond motifs is 1. The van der Waals surface area contributed by atoms with E-state index in [0.717, 1.165) is 20.3 Å². The molecule has 1 aliphatic rings. The van der Waals surface area contributed by atoms with Gasteiger partial charge in [-0.1, -0.05) is 11.3 Å². The Bertz CT molecular complexity index is 1210. The average molecular weight is 476 g/mol. The first-order chi connectivity index (χ1) is 15.3. The fourth-order valence-corrected chi connectivity index (χ4v) is 5.35. The number of carbonyl (C=O) groups is 1. The minimum absolute atomic E-state index is 0.00545. The number of ether oxygens (including phenoxy) is 2. The van der Waals surface area contributed by atoms with E-state index in [1.165, 1.54) is 37.6 Å². The van der Waals surface area contributed by atoms with Gasteiger partial charge in [-0.2, -0.15) is 0 Å². The van der Waals surface area contributed by atoms with Crippen molar-refractivity contribution in [3.63, 3.8) is 0 Å². The largest absolute Gasteiger partial charge is 0.497 e. The van der Waals surface area contributed by atoms with Crippen LogP contribution in [0.4, 0.5) is 0 Å². The molecule has 0 unspecified atom stereocenters. The molecule has 10 heteroatoms. The highest BCUT2D eigenvalue weighted by atomic mass is 32.2. The van der Waals surface area contributed by atoms with Crippen molar-refractivity contribution >= 4 is 37.5 Å². The van der Waals surface area contributed by atoms with Crippen LogP contribution < -0.4 is 9.47 Å². The molecule has 3 aromatic rings. The molecular formula is C22H25N3O5S2. The number of hydrogen-bond donors (Lipinski definition) is 0. The van der Waals surface area contributed by atoms with Gasteiger partial charge < -0.3 is 14.4 Å². The monoisotopic (exact) mass is 475 g/mol. The van der Waals surface area contributed by atoms with Crippen molar-refractivity contribution in [1.82, 2.24) is 14.2 Å². The van der Waals surface area contributed by atoms with E-state index in [1.54, 1.807) is 24.1 Å². The normalized spacial score (nSPS) is 15.3. The Morgan fingerprint density at radius 1 is 1.12 bits per heavy atom. The maximum atomic E-state index is 12.8. The number of sulfonamides is 1. The minimum atomic E-state index is -3.52. The number of piperidine rings is 1. The van der Waals surface area contributed by atoms with Crippen LogP contribution in [0.3, 0.4) is 0 Å². The molecule has 1 aliphatic heterocycles. The highest BCUT2D eigenvalue weighted by Gasteiger charge is 2.26. The van der Waals surface area contributed by atoms with Gasteiger partial charge in [0.25, 0.3) is 11.1 Å². The predicted octanol–water partition coefficient (Wildman–Crippen LogP) is 3.24. The first kappa shape index (κ1) is 22.5. The molecule has 1 amide bonds. The first-order valence-electron chi connectivity index (χ1n) is 10.2. The maximum Gasteiger partial charge on any atom is 0.274 e. The Hall–Kier alpha value is -2.69. The molecule has 32 heavy (non-hydrogen) atoms. The van der Waals surface area contributed by atoms with Gasteiger partial charge in [0.05, 0.1) is 22.2 Å². The van der Waals surface area contributed by atoms with Crippen molar-refractivity contribution in [3.8, 4) is 10.9 Å². The second kappa shape index (κ2) is 9.05. The zero-order valence-electron chi connectivity index (χ0n) is 18.1. The third kappa shape index (κ3) is 4.57. The van der Waals surface area contributed by atoms with Gasteiger partial charge in [-0.05, 0) is 42.5 Å². The van der Waals surface area contributed by atoms with Crippen LogP contribution in [0.1, 0.15) is 23.2 Å². The fourth-order valence-electron chi connectivity index (χ4n) is 3.54. The van der Waals surface area contributed by atoms with Gasteiger partial charge in [0.2, 0.25) is 10.0 Å². The molecule has 8 nitrogen and oxygen atoms in total. The number of nitrogens with zero attached hydrogens (tertiary/aromatic N) is 3. The van der Waals surface area contributed by atoms with Crippen LogP contribution in [0.15, 0.2) is 47.4 Å². The van der Waals surface area contributed by atoms with E-state index in [9.17, 15) is 13.2 Å². The molecule has 1 saturated heterocycles. The Balaban J connectivity index is 1.35. The van der Waals surface area contributed by atoms with Crippen molar-refractivity contribution in [2.24, 2.45) is 0 Å². The van der Waals surface area contributed by atoms with Crippen LogP contribution in [-0.4, -0.2) is 68.9 Å². The molecule has 0 spiro atoms. The number of amides is 1. The molecular weight excluding hydrogens is 450 g/mol. The quantitative estimate of drug-likeness (QED) is 0.544. The van der Waals surface area contributed by atoms with E-state index < -0.39 is 10.0 Å². The van der Waals surface area contributed by atoms with Crippen LogP contribution in [-0.2, 0) is 10.0 Å². The molecule has 1 fully saturated rings. The van der Waals surface area contributed by atoms with Crippen LogP contribution >= 0.6 is 11.3 Å². The lowest BCUT2D eigenvalue weighted by Gasteiger charge is -2.31. The molecule has 2 aromatic carbocycles. The molecule has 4 rings (SSSR count). The second-order valence-corrected chi connectivity index (χ2v) is 10.9. The lowest BCUT2D eigenvalue weighted by atomic mass is 10.1. The highest BCUT2D eigenvalue weighted by molar-refractivity contribution is 7.89. The number of benzene rings is 2. The minimum Gasteiger partial charge on any atom is -0.497 e. The summed E-state index contributed by atoms with van der Waals surface area (Å²) in [5.74, 6) is 0.677. The lowest BCUT2D eigenvalue weighted by molar-refractivity contribution is 0.0595. The van der Waals surface area contributed by atoms with Gasteiger partial charge in [0.15, 0.2) is 0 Å². The summed E-state index contributed by atoms with van der Waals surface area (Å²) in [5, 5.41) is 0.621. The van der Waals surface area contributed by atoms with Crippen molar-refractivity contribution < 1.29 is 22.7 Å². The Morgan fingerprint density at radius 3 is 2.44 bits per heavy atom. The topological polar surface area (TPSA) is 89.0 Å². The van der Waals surface area contributed by atoms with Gasteiger partial charge in [0, 0.05) is 45.6 Å². The molecule has 0 N–H and O–H groups in total. The Labute approximate surface area is 191 Å². The summed E-state index contributed by atoms with van der Waals surface area (Å²) >= 11 is 1.48. The summed E-state index contributed by atoms with van der Waals surface area (Å²) in [4.78, 5) is 19.3. The number of carbonyl (C=O) groups excluding carboxylic acids is 1. The van der Waals surface area contributed by atoms with Crippen LogP contribution in [0, 0.1) is 0 Å². The zero-order valence-corrected chi connectivity index (χ0v) is 19.8. The fraction of sp³-hybridized carbons (Fsp3) is 0.364. The van der Waals surface area contributed by atoms with E-state index in [2.05, 4.69) is 4.98 Å². The van der Waals surface area contributed by atoms with Gasteiger partial charge in [-0.3, -0.25) is 4.79 Å². The molecule has 0 bridgehead atoms. The van der Waals surface area contributed by atoms with Crippen LogP contribution in [0.2, 0.25) is 0 Å². The number of rotatable bonds is 6. The SMILES string of the molecule is COc1ccc2nc(OC3CCN(C(=O)c4ccc(S(=O)(=O)N(C)C)cc4)CC3)sc2c1. The number of thiazole rings is 1. The summed E-state index contributed by atoms with van der Waals surface area (Å²) in [6.07, 6.45) is 1.41. The van der Waals surface area contributed by atoms with E-state index in [1.807, 2.05) is 18.2 Å². The molecule has 0 aliphatic carbocycles. The second-order valence-electron chi connectivity index (χ2n) is 7.73. The standard InChI is InChI=1S/C22H25N3O5S2/c1-24(2)32(27,28)18-7-4-15(5-8-18)21(26)25-12-10-16(11-13-25)30-22-23-19-9-6-17(29-3)14-20(19)31-22/h4-9,14,16H,10-13H2,1-3H3. The van der Waals surface area contributed by atoms with Crippen molar-refractivity contribution in [2.45, 2.75) is 23.8 Å². The Morgan fingerprint density at radius 2 is 1.81 bits per heavy atom. The number of likely N-dealkylation sites (tertiary alicyclic amines) is 1. The summed E-state index contributed by atoms with van der Waals surface area (Å²) < 4.78 is 37.9. The van der Waals surface area contributed by atoms with Crippen LogP contribution in [0.5, 0.6) is 10.9 Å². The molecule has 0 atom stereocenters. The van der Waals surface area contributed by atoms with Crippen molar-refractivity contribution in [1.29, 1.82) is 0 Å². The molecule has 170 valence electrons. The summed E-state index contributed by atoms with van der Waals surface area (Å²) in [6, 6.07) is 11.8. The third-order valence-corrected chi connectivity index (χ3v) is 8.19. The summed E-state index contributed by atoms with van der Waals surface area (Å²) in [6.45, 7) is 1.14. The van der Waals surface area contributed by atoms with E-state index >= 15 is 0 Å². The van der Waals surface area contributed by atoms with E-state index in [-0.39, 0.29) is 16.9 Å². The van der Waals surface area contributed by atoms with Gasteiger partial charge >= 0.3 is 0 Å². The van der Waals surface area contributed by atoms with Gasteiger partial charge in [0.1, 0.15) is 11.9 Å². The Kier molecular flexibility index (Phi) is 6.36. The molecule has 0 radical (unpaired) electrons. The highest BCUT2D eigenvalue weighted by Crippen LogP contribution is 2.32. The smallest absolute Gasteiger partial charge is 0.274 e. The number of hydrogen-bond acceptors (Lipinski definition) is 7. The van der Waals surface area contributed by atoms with E-state index in [0.29, 0.717) is 36.7 Å². The van der Waals surface area contributed by atoms with Crippen molar-refractivity contribution in [3.05, 3.63) is 48.0 Å². The van der Waals surface area contributed by atoms with Gasteiger partial charge in [-0.25, -0.2) is 17.7 Å². The summed E-state index contributed by atoms with van der Waals surface area (Å²) in [5.41, 5.74) is 1.35. The van der Waals surface area contributed by atoms with E-state index in [4.69, 9.17) is 9.47 Å². The molecule has 0 saturated carbocycles. The number of aromatic nitrogens is 1. The predicted molar refractivity (Wildman–Crippen MR) is 123 cm³/mol. The van der Waals surface area contributed by atoms with Crippen molar-refractivity contribution in [2.75, 3.05) is 34.3 Å². The molecule has 1 aromatic heterocycles.